The van der Waals surface area contributed by atoms with Crippen LogP contribution in [0, 0.1) is 5.82 Å². The van der Waals surface area contributed by atoms with E-state index in [1.165, 1.54) is 13.2 Å². The highest BCUT2D eigenvalue weighted by Crippen LogP contribution is 2.49. The van der Waals surface area contributed by atoms with Gasteiger partial charge in [-0.15, -0.1) is 0 Å². The number of benzene rings is 4. The Hall–Kier alpha value is -4.60. The molecule has 0 aromatic heterocycles. The van der Waals surface area contributed by atoms with Crippen LogP contribution in [-0.4, -0.2) is 38.2 Å². The molecule has 0 radical (unpaired) electrons. The van der Waals surface area contributed by atoms with Crippen molar-refractivity contribution in [3.8, 4) is 22.6 Å². The SMILES string of the molecule is COC(=O)c1ccc(NC(=O)Cc2ccc(-c3cccc4c3OC(C)(c3ccc(Cl)cc3F)O4)cc2)c(NC[C@@H]2CCO2)c1. The third-order valence-electron chi connectivity index (χ3n) is 7.66. The minimum absolute atomic E-state index is 0.0917. The monoisotopic (exact) mass is 616 g/mol. The maximum atomic E-state index is 14.8. The highest BCUT2D eigenvalue weighted by molar-refractivity contribution is 6.30. The molecule has 1 fully saturated rings. The third kappa shape index (κ3) is 6.06. The van der Waals surface area contributed by atoms with Crippen molar-refractivity contribution in [2.24, 2.45) is 0 Å². The van der Waals surface area contributed by atoms with Crippen molar-refractivity contribution >= 4 is 34.9 Å². The quantitative estimate of drug-likeness (QED) is 0.196. The molecule has 226 valence electrons. The van der Waals surface area contributed by atoms with Crippen molar-refractivity contribution in [3.63, 3.8) is 0 Å². The van der Waals surface area contributed by atoms with E-state index in [0.717, 1.165) is 29.7 Å². The van der Waals surface area contributed by atoms with Crippen LogP contribution in [0.15, 0.2) is 78.9 Å². The summed E-state index contributed by atoms with van der Waals surface area (Å²) in [7, 11) is 1.32. The first-order chi connectivity index (χ1) is 21.2. The minimum atomic E-state index is -1.36. The van der Waals surface area contributed by atoms with Gasteiger partial charge in [0.1, 0.15) is 5.82 Å². The maximum Gasteiger partial charge on any atom is 0.337 e. The molecule has 1 saturated heterocycles. The normalized spacial score (nSPS) is 18.3. The van der Waals surface area contributed by atoms with Crippen LogP contribution in [0.3, 0.4) is 0 Å². The van der Waals surface area contributed by atoms with Crippen LogP contribution in [-0.2, 0) is 26.5 Å². The maximum absolute atomic E-state index is 14.8. The highest BCUT2D eigenvalue weighted by atomic mass is 35.5. The standard InChI is InChI=1S/C34H30ClFN2O6/c1-34(26-12-11-23(35)18-27(26)36)43-30-5-3-4-25(32(30)44-34)21-8-6-20(7-9-21)16-31(39)38-28-13-10-22(33(40)41-2)17-29(28)37-19-24-14-15-42-24/h3-13,17-18,24,37H,14-16,19H2,1-2H3,(H,38,39)/t24-,34?/m0/s1. The summed E-state index contributed by atoms with van der Waals surface area (Å²) in [4.78, 5) is 25.1. The Morgan fingerprint density at radius 2 is 1.82 bits per heavy atom. The Morgan fingerprint density at radius 1 is 1.02 bits per heavy atom. The Bertz CT molecular complexity index is 1730. The molecule has 1 amide bonds. The van der Waals surface area contributed by atoms with Gasteiger partial charge in [0.05, 0.1) is 42.1 Å². The zero-order valence-electron chi connectivity index (χ0n) is 24.1. The molecule has 6 rings (SSSR count). The van der Waals surface area contributed by atoms with E-state index in [0.29, 0.717) is 35.0 Å². The lowest BCUT2D eigenvalue weighted by Gasteiger charge is -2.27. The average molecular weight is 617 g/mol. The second-order valence-corrected chi connectivity index (χ2v) is 11.2. The second-order valence-electron chi connectivity index (χ2n) is 10.7. The first kappa shape index (κ1) is 29.5. The molecule has 1 unspecified atom stereocenters. The molecule has 0 aliphatic carbocycles. The molecular weight excluding hydrogens is 587 g/mol. The molecule has 2 aliphatic rings. The Balaban J connectivity index is 1.15. The van der Waals surface area contributed by atoms with Gasteiger partial charge in [-0.1, -0.05) is 48.0 Å². The van der Waals surface area contributed by atoms with Crippen LogP contribution >= 0.6 is 11.6 Å². The number of amides is 1. The molecule has 2 N–H and O–H groups in total. The number of hydrogen-bond donors (Lipinski definition) is 2. The topological polar surface area (TPSA) is 95.1 Å². The van der Waals surface area contributed by atoms with E-state index in [1.54, 1.807) is 43.3 Å². The second kappa shape index (κ2) is 12.2. The fourth-order valence-electron chi connectivity index (χ4n) is 5.22. The van der Waals surface area contributed by atoms with Crippen molar-refractivity contribution in [1.82, 2.24) is 0 Å². The van der Waals surface area contributed by atoms with Crippen molar-refractivity contribution in [2.75, 3.05) is 30.9 Å². The fourth-order valence-corrected chi connectivity index (χ4v) is 5.38. The summed E-state index contributed by atoms with van der Waals surface area (Å²) in [5.41, 5.74) is 4.19. The number of anilines is 2. The van der Waals surface area contributed by atoms with Gasteiger partial charge in [0.15, 0.2) is 11.5 Å². The lowest BCUT2D eigenvalue weighted by molar-refractivity contribution is -0.115. The lowest BCUT2D eigenvalue weighted by Crippen LogP contribution is -2.33. The molecule has 4 aromatic carbocycles. The van der Waals surface area contributed by atoms with E-state index < -0.39 is 17.6 Å². The number of para-hydroxylation sites is 1. The summed E-state index contributed by atoms with van der Waals surface area (Å²) in [6, 6.07) is 22.4. The van der Waals surface area contributed by atoms with Gasteiger partial charge >= 0.3 is 5.97 Å². The number of esters is 1. The van der Waals surface area contributed by atoms with Gasteiger partial charge in [0.2, 0.25) is 5.91 Å². The van der Waals surface area contributed by atoms with Crippen LogP contribution < -0.4 is 20.1 Å². The summed E-state index contributed by atoms with van der Waals surface area (Å²) in [5, 5.41) is 6.51. The average Bonchev–Trinajstić information content (AvgIpc) is 3.34. The summed E-state index contributed by atoms with van der Waals surface area (Å²) in [6.45, 7) is 2.95. The molecule has 10 heteroatoms. The van der Waals surface area contributed by atoms with Gasteiger partial charge in [-0.05, 0) is 60.0 Å². The van der Waals surface area contributed by atoms with Crippen LogP contribution in [0.25, 0.3) is 11.1 Å². The minimum Gasteiger partial charge on any atom is -0.465 e. The summed E-state index contributed by atoms with van der Waals surface area (Å²) in [5.74, 6) is -1.57. The number of halogens is 2. The zero-order chi connectivity index (χ0) is 30.8. The molecule has 0 spiro atoms. The van der Waals surface area contributed by atoms with Crippen molar-refractivity contribution in [3.05, 3.63) is 106 Å². The molecule has 44 heavy (non-hydrogen) atoms. The molecule has 2 aliphatic heterocycles. The zero-order valence-corrected chi connectivity index (χ0v) is 24.9. The van der Waals surface area contributed by atoms with Crippen LogP contribution in [0.2, 0.25) is 5.02 Å². The number of hydrogen-bond acceptors (Lipinski definition) is 7. The first-order valence-corrected chi connectivity index (χ1v) is 14.5. The van der Waals surface area contributed by atoms with E-state index in [-0.39, 0.29) is 29.0 Å². The fraction of sp³-hybridized carbons (Fsp3) is 0.235. The van der Waals surface area contributed by atoms with Crippen LogP contribution in [0.5, 0.6) is 11.5 Å². The Labute approximate surface area is 259 Å². The Kier molecular flexibility index (Phi) is 8.16. The van der Waals surface area contributed by atoms with E-state index >= 15 is 0 Å². The lowest BCUT2D eigenvalue weighted by atomic mass is 10.0. The van der Waals surface area contributed by atoms with Crippen molar-refractivity contribution < 1.29 is 32.9 Å². The number of ether oxygens (including phenoxy) is 4. The van der Waals surface area contributed by atoms with E-state index in [1.807, 2.05) is 36.4 Å². The predicted molar refractivity (Wildman–Crippen MR) is 165 cm³/mol. The number of rotatable bonds is 9. The van der Waals surface area contributed by atoms with Gasteiger partial charge in [0.25, 0.3) is 5.79 Å². The van der Waals surface area contributed by atoms with Gasteiger partial charge in [-0.2, -0.15) is 0 Å². The van der Waals surface area contributed by atoms with Gasteiger partial charge < -0.3 is 29.6 Å². The van der Waals surface area contributed by atoms with Crippen LogP contribution in [0.4, 0.5) is 15.8 Å². The van der Waals surface area contributed by atoms with Gasteiger partial charge in [0, 0.05) is 30.7 Å². The Morgan fingerprint density at radius 3 is 2.52 bits per heavy atom. The number of carbonyl (C=O) groups is 2. The molecule has 8 nitrogen and oxygen atoms in total. The summed E-state index contributed by atoms with van der Waals surface area (Å²) in [6.07, 6.45) is 1.17. The summed E-state index contributed by atoms with van der Waals surface area (Å²) >= 11 is 5.94. The molecule has 0 bridgehead atoms. The van der Waals surface area contributed by atoms with Crippen LogP contribution in [0.1, 0.15) is 34.8 Å². The summed E-state index contributed by atoms with van der Waals surface area (Å²) < 4.78 is 37.4. The van der Waals surface area contributed by atoms with Gasteiger partial charge in [-0.3, -0.25) is 4.79 Å². The molecular formula is C34H30ClFN2O6. The molecule has 4 aromatic rings. The van der Waals surface area contributed by atoms with E-state index in [4.69, 9.17) is 30.5 Å². The van der Waals surface area contributed by atoms with Crippen molar-refractivity contribution in [1.29, 1.82) is 0 Å². The van der Waals surface area contributed by atoms with Crippen molar-refractivity contribution in [2.45, 2.75) is 31.7 Å². The van der Waals surface area contributed by atoms with E-state index in [9.17, 15) is 14.0 Å². The van der Waals surface area contributed by atoms with Gasteiger partial charge in [-0.25, -0.2) is 9.18 Å². The molecule has 2 atom stereocenters. The predicted octanol–water partition coefficient (Wildman–Crippen LogP) is 6.96. The highest BCUT2D eigenvalue weighted by Gasteiger charge is 2.42. The van der Waals surface area contributed by atoms with E-state index in [2.05, 4.69) is 10.6 Å². The molecule has 0 saturated carbocycles. The smallest absolute Gasteiger partial charge is 0.337 e. The number of methoxy groups -OCH3 is 1. The number of fused-ring (bicyclic) bond motifs is 1. The number of carbonyl (C=O) groups excluding carboxylic acids is 2. The largest absolute Gasteiger partial charge is 0.465 e. The molecule has 2 heterocycles. The number of nitrogens with one attached hydrogen (secondary N) is 2. The first-order valence-electron chi connectivity index (χ1n) is 14.2. The third-order valence-corrected chi connectivity index (χ3v) is 7.89.